The molecule has 1 aromatic heterocycles. The van der Waals surface area contributed by atoms with Gasteiger partial charge in [-0.15, -0.1) is 0 Å². The van der Waals surface area contributed by atoms with E-state index in [2.05, 4.69) is 4.98 Å². The minimum absolute atomic E-state index is 0.230. The molecular formula is C9H13N3O2Se. The second-order valence-electron chi connectivity index (χ2n) is 3.51. The average Bonchev–Trinajstić information content (AvgIpc) is 2.66. The summed E-state index contributed by atoms with van der Waals surface area (Å²) in [6.45, 7) is 0.230. The summed E-state index contributed by atoms with van der Waals surface area (Å²) in [5.74, 6) is 0.264. The zero-order valence-electron chi connectivity index (χ0n) is 8.17. The number of nitrogens with zero attached hydrogens (tertiary/aromatic N) is 2. The number of nitrogen functional groups attached to an aromatic ring is 1. The molecule has 0 aromatic carbocycles. The summed E-state index contributed by atoms with van der Waals surface area (Å²) in [5, 5.41) is 9.04. The standard InChI is InChI=1S/C9H13N3O2Se/c10-7-3-4-12(9(14)11-7)8-2-1-6(5-13)15-8/h3-4,6,8,13H,1-2,5H2,(H2,10,11,14)/t6-,8-/m1/s1. The van der Waals surface area contributed by atoms with Crippen LogP contribution in [0.2, 0.25) is 4.82 Å². The first kappa shape index (κ1) is 10.7. The molecule has 6 heteroatoms. The van der Waals surface area contributed by atoms with Gasteiger partial charge in [0.2, 0.25) is 0 Å². The Bertz CT molecular complexity index is 407. The molecular weight excluding hydrogens is 261 g/mol. The molecule has 0 aliphatic carbocycles. The third-order valence-corrected chi connectivity index (χ3v) is 5.70. The minimum atomic E-state index is -0.277. The van der Waals surface area contributed by atoms with Crippen LogP contribution in [0.5, 0.6) is 0 Å². The molecule has 0 saturated carbocycles. The van der Waals surface area contributed by atoms with Gasteiger partial charge in [0, 0.05) is 0 Å². The van der Waals surface area contributed by atoms with E-state index in [9.17, 15) is 4.79 Å². The Hall–Kier alpha value is -0.841. The van der Waals surface area contributed by atoms with Gasteiger partial charge in [-0.3, -0.25) is 0 Å². The molecule has 2 atom stereocenters. The Labute approximate surface area is 93.5 Å². The number of aliphatic hydroxyl groups excluding tert-OH is 1. The fourth-order valence-electron chi connectivity index (χ4n) is 1.67. The second kappa shape index (κ2) is 4.35. The van der Waals surface area contributed by atoms with Crippen LogP contribution < -0.4 is 11.4 Å². The van der Waals surface area contributed by atoms with Crippen LogP contribution in [0, 0.1) is 0 Å². The van der Waals surface area contributed by atoms with E-state index < -0.39 is 0 Å². The zero-order chi connectivity index (χ0) is 10.8. The van der Waals surface area contributed by atoms with Gasteiger partial charge in [0.1, 0.15) is 0 Å². The van der Waals surface area contributed by atoms with Crippen molar-refractivity contribution in [2.24, 2.45) is 0 Å². The van der Waals surface area contributed by atoms with Crippen molar-refractivity contribution in [2.45, 2.75) is 22.6 Å². The van der Waals surface area contributed by atoms with Crippen LogP contribution >= 0.6 is 0 Å². The molecule has 1 saturated heterocycles. The van der Waals surface area contributed by atoms with Gasteiger partial charge in [-0.25, -0.2) is 0 Å². The van der Waals surface area contributed by atoms with Gasteiger partial charge in [-0.05, 0) is 0 Å². The summed E-state index contributed by atoms with van der Waals surface area (Å²) >= 11 is 0.274. The van der Waals surface area contributed by atoms with E-state index in [4.69, 9.17) is 10.8 Å². The molecule has 0 unspecified atom stereocenters. The van der Waals surface area contributed by atoms with Crippen molar-refractivity contribution in [2.75, 3.05) is 12.3 Å². The fourth-order valence-corrected chi connectivity index (χ4v) is 4.54. The van der Waals surface area contributed by atoms with Gasteiger partial charge in [0.05, 0.1) is 0 Å². The molecule has 1 fully saturated rings. The molecule has 1 aromatic rings. The number of rotatable bonds is 2. The van der Waals surface area contributed by atoms with E-state index in [1.165, 1.54) is 0 Å². The summed E-state index contributed by atoms with van der Waals surface area (Å²) in [4.78, 5) is 15.9. The Morgan fingerprint density at radius 2 is 2.47 bits per heavy atom. The molecule has 0 spiro atoms. The van der Waals surface area contributed by atoms with Crippen LogP contribution in [0.15, 0.2) is 17.1 Å². The molecule has 0 radical (unpaired) electrons. The summed E-state index contributed by atoms with van der Waals surface area (Å²) in [6.07, 6.45) is 3.66. The van der Waals surface area contributed by atoms with E-state index >= 15 is 0 Å². The predicted octanol–water partition coefficient (Wildman–Crippen LogP) is -0.397. The van der Waals surface area contributed by atoms with E-state index in [1.54, 1.807) is 16.8 Å². The van der Waals surface area contributed by atoms with Crippen LogP contribution in [-0.4, -0.2) is 36.2 Å². The van der Waals surface area contributed by atoms with Gasteiger partial charge >= 0.3 is 93.1 Å². The van der Waals surface area contributed by atoms with Gasteiger partial charge in [-0.2, -0.15) is 0 Å². The fraction of sp³-hybridized carbons (Fsp3) is 0.556. The van der Waals surface area contributed by atoms with Crippen molar-refractivity contribution in [3.05, 3.63) is 22.7 Å². The molecule has 5 nitrogen and oxygen atoms in total. The summed E-state index contributed by atoms with van der Waals surface area (Å²) in [5.41, 5.74) is 5.14. The van der Waals surface area contributed by atoms with Crippen molar-refractivity contribution in [1.82, 2.24) is 9.55 Å². The first-order valence-corrected chi connectivity index (χ1v) is 6.79. The SMILES string of the molecule is Nc1ccn([C@H]2CC[C@H](CO)[Se]2)c(=O)n1. The number of hydrogen-bond acceptors (Lipinski definition) is 4. The third-order valence-electron chi connectivity index (χ3n) is 2.45. The first-order chi connectivity index (χ1) is 7.20. The van der Waals surface area contributed by atoms with E-state index in [0.717, 1.165) is 12.8 Å². The predicted molar refractivity (Wildman–Crippen MR) is 57.8 cm³/mol. The van der Waals surface area contributed by atoms with Crippen LogP contribution in [0.1, 0.15) is 17.8 Å². The van der Waals surface area contributed by atoms with Crippen molar-refractivity contribution in [3.8, 4) is 0 Å². The van der Waals surface area contributed by atoms with Crippen LogP contribution in [-0.2, 0) is 0 Å². The number of anilines is 1. The molecule has 15 heavy (non-hydrogen) atoms. The topological polar surface area (TPSA) is 81.1 Å². The zero-order valence-corrected chi connectivity index (χ0v) is 9.88. The molecule has 0 amide bonds. The number of aliphatic hydroxyl groups is 1. The Morgan fingerprint density at radius 1 is 1.67 bits per heavy atom. The summed E-state index contributed by atoms with van der Waals surface area (Å²) < 4.78 is 1.64. The molecule has 1 aliphatic heterocycles. The van der Waals surface area contributed by atoms with Gasteiger partial charge in [0.15, 0.2) is 0 Å². The van der Waals surface area contributed by atoms with Crippen molar-refractivity contribution < 1.29 is 5.11 Å². The Balaban J connectivity index is 2.20. The molecule has 2 heterocycles. The van der Waals surface area contributed by atoms with Crippen LogP contribution in [0.25, 0.3) is 0 Å². The van der Waals surface area contributed by atoms with Crippen molar-refractivity contribution in [3.63, 3.8) is 0 Å². The van der Waals surface area contributed by atoms with E-state index in [0.29, 0.717) is 4.82 Å². The summed E-state index contributed by atoms with van der Waals surface area (Å²) in [7, 11) is 0. The maximum atomic E-state index is 11.5. The molecule has 1 aliphatic rings. The van der Waals surface area contributed by atoms with E-state index in [1.807, 2.05) is 0 Å². The molecule has 0 bridgehead atoms. The van der Waals surface area contributed by atoms with Gasteiger partial charge in [0.25, 0.3) is 0 Å². The molecule has 2 rings (SSSR count). The average molecular weight is 274 g/mol. The van der Waals surface area contributed by atoms with Crippen molar-refractivity contribution >= 4 is 20.8 Å². The maximum absolute atomic E-state index is 11.5. The second-order valence-corrected chi connectivity index (χ2v) is 6.63. The van der Waals surface area contributed by atoms with Crippen LogP contribution in [0.3, 0.4) is 0 Å². The normalized spacial score (nSPS) is 25.7. The number of nitrogens with two attached hydrogens (primary N) is 1. The third kappa shape index (κ3) is 2.22. The Kier molecular flexibility index (Phi) is 3.09. The summed E-state index contributed by atoms with van der Waals surface area (Å²) in [6, 6.07) is 1.64. The van der Waals surface area contributed by atoms with Gasteiger partial charge in [-0.1, -0.05) is 0 Å². The number of hydrogen-bond donors (Lipinski definition) is 2. The molecule has 3 N–H and O–H groups in total. The monoisotopic (exact) mass is 275 g/mol. The number of aromatic nitrogens is 2. The van der Waals surface area contributed by atoms with E-state index in [-0.39, 0.29) is 38.0 Å². The quantitative estimate of drug-likeness (QED) is 0.719. The van der Waals surface area contributed by atoms with Crippen molar-refractivity contribution in [1.29, 1.82) is 0 Å². The van der Waals surface area contributed by atoms with Gasteiger partial charge < -0.3 is 0 Å². The first-order valence-electron chi connectivity index (χ1n) is 4.81. The molecule has 82 valence electrons. The Morgan fingerprint density at radius 3 is 3.07 bits per heavy atom. The van der Waals surface area contributed by atoms with Crippen LogP contribution in [0.4, 0.5) is 5.82 Å².